The molecule has 0 unspecified atom stereocenters. The van der Waals surface area contributed by atoms with Gasteiger partial charge in [-0.15, -0.1) is 0 Å². The molecule has 178 valence electrons. The molecule has 0 atom stereocenters. The molecular formula is C26H20Cl2N2O4S. The van der Waals surface area contributed by atoms with E-state index < -0.39 is 0 Å². The Hall–Kier alpha value is -3.26. The van der Waals surface area contributed by atoms with E-state index in [2.05, 4.69) is 5.32 Å². The van der Waals surface area contributed by atoms with Crippen molar-refractivity contribution in [2.24, 2.45) is 0 Å². The maximum absolute atomic E-state index is 12.8. The highest BCUT2D eigenvalue weighted by Gasteiger charge is 2.35. The first-order valence-corrected chi connectivity index (χ1v) is 12.1. The van der Waals surface area contributed by atoms with Crippen LogP contribution in [0.25, 0.3) is 6.08 Å². The number of ether oxygens (including phenoxy) is 1. The molecular weight excluding hydrogens is 507 g/mol. The van der Waals surface area contributed by atoms with Gasteiger partial charge in [0.15, 0.2) is 6.61 Å². The molecule has 1 saturated heterocycles. The SMILES string of the molecule is Cc1ccc(NC(=O)COc2ccc(/C=C3/SC(=O)N(Cc4ccc(Cl)cc4Cl)C3=O)cc2)cc1. The molecule has 3 aromatic rings. The molecule has 0 spiro atoms. The number of hydrogen-bond donors (Lipinski definition) is 1. The van der Waals surface area contributed by atoms with Gasteiger partial charge in [0.25, 0.3) is 17.1 Å². The Morgan fingerprint density at radius 3 is 2.43 bits per heavy atom. The molecule has 0 aromatic heterocycles. The van der Waals surface area contributed by atoms with E-state index in [9.17, 15) is 14.4 Å². The minimum Gasteiger partial charge on any atom is -0.484 e. The molecule has 1 aliphatic rings. The van der Waals surface area contributed by atoms with Crippen LogP contribution in [0.5, 0.6) is 5.75 Å². The number of amides is 3. The van der Waals surface area contributed by atoms with E-state index in [4.69, 9.17) is 27.9 Å². The number of anilines is 1. The normalized spacial score (nSPS) is 14.5. The highest BCUT2D eigenvalue weighted by Crippen LogP contribution is 2.34. The van der Waals surface area contributed by atoms with Crippen LogP contribution in [0.4, 0.5) is 10.5 Å². The summed E-state index contributed by atoms with van der Waals surface area (Å²) in [6.45, 7) is 1.90. The number of thioether (sulfide) groups is 1. The van der Waals surface area contributed by atoms with Crippen molar-refractivity contribution in [1.29, 1.82) is 0 Å². The average molecular weight is 527 g/mol. The predicted molar refractivity (Wildman–Crippen MR) is 140 cm³/mol. The number of halogens is 2. The third-order valence-electron chi connectivity index (χ3n) is 5.10. The molecule has 0 radical (unpaired) electrons. The largest absolute Gasteiger partial charge is 0.484 e. The first-order valence-electron chi connectivity index (χ1n) is 10.6. The molecule has 1 N–H and O–H groups in total. The molecule has 0 bridgehead atoms. The Bertz CT molecular complexity index is 1310. The van der Waals surface area contributed by atoms with Gasteiger partial charge in [-0.3, -0.25) is 19.3 Å². The number of hydrogen-bond acceptors (Lipinski definition) is 5. The summed E-state index contributed by atoms with van der Waals surface area (Å²) in [4.78, 5) is 38.8. The minimum absolute atomic E-state index is 0.0649. The number of carbonyl (C=O) groups is 3. The van der Waals surface area contributed by atoms with E-state index >= 15 is 0 Å². The number of nitrogens with one attached hydrogen (secondary N) is 1. The summed E-state index contributed by atoms with van der Waals surface area (Å²) < 4.78 is 5.54. The molecule has 0 saturated carbocycles. The van der Waals surface area contributed by atoms with E-state index in [0.717, 1.165) is 27.8 Å². The fourth-order valence-corrected chi connectivity index (χ4v) is 4.56. The zero-order valence-electron chi connectivity index (χ0n) is 18.6. The minimum atomic E-state index is -0.390. The van der Waals surface area contributed by atoms with Gasteiger partial charge in [0.2, 0.25) is 0 Å². The fraction of sp³-hybridized carbons (Fsp3) is 0.115. The second kappa shape index (κ2) is 11.0. The summed E-state index contributed by atoms with van der Waals surface area (Å²) in [6.07, 6.45) is 1.64. The lowest BCUT2D eigenvalue weighted by atomic mass is 10.2. The first-order chi connectivity index (χ1) is 16.8. The highest BCUT2D eigenvalue weighted by atomic mass is 35.5. The fourth-order valence-electron chi connectivity index (χ4n) is 3.25. The number of aryl methyl sites for hydroxylation is 1. The summed E-state index contributed by atoms with van der Waals surface area (Å²) in [7, 11) is 0. The molecule has 35 heavy (non-hydrogen) atoms. The monoisotopic (exact) mass is 526 g/mol. The maximum Gasteiger partial charge on any atom is 0.293 e. The number of rotatable bonds is 7. The van der Waals surface area contributed by atoms with Gasteiger partial charge < -0.3 is 10.1 Å². The van der Waals surface area contributed by atoms with Crippen LogP contribution >= 0.6 is 35.0 Å². The van der Waals surface area contributed by atoms with Gasteiger partial charge in [0.1, 0.15) is 5.75 Å². The Morgan fingerprint density at radius 1 is 1.03 bits per heavy atom. The smallest absolute Gasteiger partial charge is 0.293 e. The predicted octanol–water partition coefficient (Wildman–Crippen LogP) is 6.56. The Kier molecular flexibility index (Phi) is 7.80. The summed E-state index contributed by atoms with van der Waals surface area (Å²) in [6, 6.07) is 19.3. The quantitative estimate of drug-likeness (QED) is 0.353. The van der Waals surface area contributed by atoms with Gasteiger partial charge in [-0.1, -0.05) is 59.1 Å². The molecule has 0 aliphatic carbocycles. The van der Waals surface area contributed by atoms with Crippen LogP contribution < -0.4 is 10.1 Å². The topological polar surface area (TPSA) is 75.7 Å². The Morgan fingerprint density at radius 2 is 1.74 bits per heavy atom. The van der Waals surface area contributed by atoms with Crippen LogP contribution in [0, 0.1) is 6.92 Å². The first kappa shape index (κ1) is 24.9. The lowest BCUT2D eigenvalue weighted by Gasteiger charge is -2.13. The van der Waals surface area contributed by atoms with Gasteiger partial charge in [-0.25, -0.2) is 0 Å². The van der Waals surface area contributed by atoms with Crippen molar-refractivity contribution >= 4 is 63.8 Å². The van der Waals surface area contributed by atoms with E-state index in [1.54, 1.807) is 48.5 Å². The van der Waals surface area contributed by atoms with E-state index in [1.165, 1.54) is 0 Å². The van der Waals surface area contributed by atoms with Crippen LogP contribution in [-0.4, -0.2) is 28.6 Å². The third kappa shape index (κ3) is 6.45. The molecule has 3 amide bonds. The lowest BCUT2D eigenvalue weighted by Crippen LogP contribution is -2.27. The van der Waals surface area contributed by atoms with Crippen molar-refractivity contribution in [3.63, 3.8) is 0 Å². The van der Waals surface area contributed by atoms with Crippen LogP contribution in [0.1, 0.15) is 16.7 Å². The number of benzene rings is 3. The van der Waals surface area contributed by atoms with Crippen molar-refractivity contribution in [3.8, 4) is 5.75 Å². The summed E-state index contributed by atoms with van der Waals surface area (Å²) >= 11 is 13.0. The molecule has 1 heterocycles. The lowest BCUT2D eigenvalue weighted by molar-refractivity contribution is -0.123. The van der Waals surface area contributed by atoms with Crippen molar-refractivity contribution in [3.05, 3.63) is 98.4 Å². The average Bonchev–Trinajstić information content (AvgIpc) is 3.09. The number of imide groups is 1. The molecule has 3 aromatic carbocycles. The second-order valence-corrected chi connectivity index (χ2v) is 9.61. The molecule has 6 nitrogen and oxygen atoms in total. The number of carbonyl (C=O) groups excluding carboxylic acids is 3. The summed E-state index contributed by atoms with van der Waals surface area (Å²) in [5, 5.41) is 3.27. The highest BCUT2D eigenvalue weighted by molar-refractivity contribution is 8.18. The Labute approximate surface area is 216 Å². The van der Waals surface area contributed by atoms with Crippen molar-refractivity contribution in [2.75, 3.05) is 11.9 Å². The van der Waals surface area contributed by atoms with Crippen LogP contribution in [0.15, 0.2) is 71.6 Å². The second-order valence-electron chi connectivity index (χ2n) is 7.78. The standard InChI is InChI=1S/C26H20Cl2N2O4S/c1-16-2-8-20(9-3-16)29-24(31)15-34-21-10-4-17(5-11-21)12-23-25(32)30(26(33)35-23)14-18-6-7-19(27)13-22(18)28/h2-13H,14-15H2,1H3,(H,29,31)/b23-12+. The van der Waals surface area contributed by atoms with Gasteiger partial charge in [-0.05, 0) is 72.3 Å². The molecule has 1 aliphatic heterocycles. The van der Waals surface area contributed by atoms with Crippen molar-refractivity contribution in [2.45, 2.75) is 13.5 Å². The van der Waals surface area contributed by atoms with Crippen molar-refractivity contribution in [1.82, 2.24) is 4.90 Å². The van der Waals surface area contributed by atoms with E-state index in [1.807, 2.05) is 31.2 Å². The van der Waals surface area contributed by atoms with Gasteiger partial charge in [0.05, 0.1) is 11.4 Å². The molecule has 4 rings (SSSR count). The van der Waals surface area contributed by atoms with Gasteiger partial charge in [-0.2, -0.15) is 0 Å². The summed E-state index contributed by atoms with van der Waals surface area (Å²) in [5.41, 5.74) is 3.16. The van der Waals surface area contributed by atoms with Crippen LogP contribution in [-0.2, 0) is 16.1 Å². The third-order valence-corrected chi connectivity index (χ3v) is 6.59. The maximum atomic E-state index is 12.8. The molecule has 9 heteroatoms. The van der Waals surface area contributed by atoms with Crippen molar-refractivity contribution < 1.29 is 19.1 Å². The van der Waals surface area contributed by atoms with E-state index in [-0.39, 0.29) is 30.2 Å². The zero-order chi connectivity index (χ0) is 24.9. The number of nitrogens with zero attached hydrogens (tertiary/aromatic N) is 1. The van der Waals surface area contributed by atoms with E-state index in [0.29, 0.717) is 32.0 Å². The van der Waals surface area contributed by atoms with Crippen LogP contribution in [0.3, 0.4) is 0 Å². The van der Waals surface area contributed by atoms with Crippen LogP contribution in [0.2, 0.25) is 10.0 Å². The van der Waals surface area contributed by atoms with Gasteiger partial charge in [0, 0.05) is 15.7 Å². The Balaban J connectivity index is 1.34. The summed E-state index contributed by atoms with van der Waals surface area (Å²) in [5.74, 6) is -0.154. The molecule has 1 fully saturated rings. The zero-order valence-corrected chi connectivity index (χ0v) is 20.9. The van der Waals surface area contributed by atoms with Gasteiger partial charge >= 0.3 is 0 Å².